The van der Waals surface area contributed by atoms with Crippen molar-refractivity contribution in [2.24, 2.45) is 4.99 Å². The third kappa shape index (κ3) is 4.21. The largest absolute Gasteiger partial charge is 0.497 e. The van der Waals surface area contributed by atoms with Crippen LogP contribution in [0.2, 0.25) is 0 Å². The van der Waals surface area contributed by atoms with Crippen LogP contribution in [0.1, 0.15) is 34.7 Å². The molecule has 198 valence electrons. The van der Waals surface area contributed by atoms with Crippen LogP contribution in [-0.4, -0.2) is 33.0 Å². The van der Waals surface area contributed by atoms with Gasteiger partial charge in [0.05, 0.1) is 44.7 Å². The maximum absolute atomic E-state index is 14.0. The van der Waals surface area contributed by atoms with E-state index in [2.05, 4.69) is 18.2 Å². The van der Waals surface area contributed by atoms with Gasteiger partial charge in [-0.05, 0) is 65.4 Å². The average Bonchev–Trinajstić information content (AvgIpc) is 3.29. The van der Waals surface area contributed by atoms with Crippen LogP contribution in [0, 0.1) is 0 Å². The summed E-state index contributed by atoms with van der Waals surface area (Å²) in [6.45, 7) is 0. The van der Waals surface area contributed by atoms with Crippen molar-refractivity contribution >= 4 is 23.1 Å². The summed E-state index contributed by atoms with van der Waals surface area (Å²) < 4.78 is 24.3. The average molecular weight is 541 g/mol. The summed E-state index contributed by atoms with van der Waals surface area (Å²) in [7, 11) is 6.37. The molecule has 2 aliphatic rings. The Bertz CT molecular complexity index is 1760. The van der Waals surface area contributed by atoms with Gasteiger partial charge in [-0.15, -0.1) is 0 Å². The molecule has 1 aromatic heterocycles. The Morgan fingerprint density at radius 1 is 0.897 bits per heavy atom. The van der Waals surface area contributed by atoms with Crippen LogP contribution in [-0.2, 0) is 6.42 Å². The van der Waals surface area contributed by atoms with Gasteiger partial charge in [-0.25, -0.2) is 4.99 Å². The quantitative estimate of drug-likeness (QED) is 0.364. The van der Waals surface area contributed by atoms with Gasteiger partial charge in [-0.1, -0.05) is 47.7 Å². The summed E-state index contributed by atoms with van der Waals surface area (Å²) in [4.78, 5) is 19.8. The highest BCUT2D eigenvalue weighted by Crippen LogP contribution is 2.42. The van der Waals surface area contributed by atoms with Gasteiger partial charge in [-0.2, -0.15) is 0 Å². The smallest absolute Gasteiger partial charge is 0.271 e. The second kappa shape index (κ2) is 10.1. The molecular formula is C31H28N2O5S. The lowest BCUT2D eigenvalue weighted by Gasteiger charge is -2.30. The van der Waals surface area contributed by atoms with Gasteiger partial charge in [0, 0.05) is 5.56 Å². The number of methoxy groups -OCH3 is 4. The molecule has 0 saturated heterocycles. The van der Waals surface area contributed by atoms with E-state index in [4.69, 9.17) is 23.9 Å². The van der Waals surface area contributed by atoms with Gasteiger partial charge < -0.3 is 18.9 Å². The van der Waals surface area contributed by atoms with Crippen LogP contribution in [0.4, 0.5) is 0 Å². The normalized spacial score (nSPS) is 16.1. The molecule has 0 fully saturated rings. The van der Waals surface area contributed by atoms with Crippen molar-refractivity contribution in [3.05, 3.63) is 108 Å². The van der Waals surface area contributed by atoms with Crippen molar-refractivity contribution in [3.63, 3.8) is 0 Å². The molecule has 8 heteroatoms. The van der Waals surface area contributed by atoms with E-state index in [1.807, 2.05) is 53.1 Å². The third-order valence-electron chi connectivity index (χ3n) is 7.29. The molecule has 7 nitrogen and oxygen atoms in total. The third-order valence-corrected chi connectivity index (χ3v) is 8.27. The molecular weight excluding hydrogens is 512 g/mol. The zero-order valence-corrected chi connectivity index (χ0v) is 23.0. The fourth-order valence-electron chi connectivity index (χ4n) is 5.44. The number of hydrogen-bond acceptors (Lipinski definition) is 7. The van der Waals surface area contributed by atoms with Gasteiger partial charge in [0.15, 0.2) is 16.3 Å². The summed E-state index contributed by atoms with van der Waals surface area (Å²) >= 11 is 1.39. The highest BCUT2D eigenvalue weighted by Gasteiger charge is 2.32. The number of thiazole rings is 1. The van der Waals surface area contributed by atoms with Crippen molar-refractivity contribution in [2.45, 2.75) is 18.9 Å². The van der Waals surface area contributed by atoms with Crippen LogP contribution < -0.4 is 33.8 Å². The van der Waals surface area contributed by atoms with E-state index in [-0.39, 0.29) is 11.6 Å². The van der Waals surface area contributed by atoms with Crippen LogP contribution in [0.15, 0.2) is 76.0 Å². The Morgan fingerprint density at radius 3 is 2.28 bits per heavy atom. The molecule has 39 heavy (non-hydrogen) atoms. The van der Waals surface area contributed by atoms with Gasteiger partial charge >= 0.3 is 0 Å². The summed E-state index contributed by atoms with van der Waals surface area (Å²) in [6, 6.07) is 19.8. The molecule has 4 aromatic rings. The Kier molecular flexibility index (Phi) is 6.48. The zero-order valence-electron chi connectivity index (χ0n) is 22.2. The van der Waals surface area contributed by atoms with E-state index in [1.54, 1.807) is 28.4 Å². The summed E-state index contributed by atoms with van der Waals surface area (Å²) in [6.07, 6.45) is 3.60. The number of allylic oxidation sites excluding steroid dienone is 1. The molecule has 1 atom stereocenters. The number of hydrogen-bond donors (Lipinski definition) is 0. The summed E-state index contributed by atoms with van der Waals surface area (Å²) in [5.74, 6) is 2.33. The lowest BCUT2D eigenvalue weighted by Crippen LogP contribution is -2.38. The fraction of sp³-hybridized carbons (Fsp3) is 0.226. The molecule has 1 aliphatic heterocycles. The van der Waals surface area contributed by atoms with E-state index in [0.29, 0.717) is 26.6 Å². The summed E-state index contributed by atoms with van der Waals surface area (Å²) in [5.41, 5.74) is 6.26. The molecule has 0 radical (unpaired) electrons. The minimum Gasteiger partial charge on any atom is -0.497 e. The summed E-state index contributed by atoms with van der Waals surface area (Å²) in [5, 5.41) is 0. The van der Waals surface area contributed by atoms with Crippen LogP contribution >= 0.6 is 11.3 Å². The molecule has 0 spiro atoms. The number of rotatable bonds is 6. The molecule has 0 unspecified atom stereocenters. The second-order valence-electron chi connectivity index (χ2n) is 9.35. The lowest BCUT2D eigenvalue weighted by molar-refractivity contribution is 0.324. The zero-order chi connectivity index (χ0) is 27.1. The minimum absolute atomic E-state index is 0.0845. The first kappa shape index (κ1) is 25.0. The second-order valence-corrected chi connectivity index (χ2v) is 10.4. The molecule has 6 rings (SSSR count). The Morgan fingerprint density at radius 2 is 1.62 bits per heavy atom. The highest BCUT2D eigenvalue weighted by molar-refractivity contribution is 7.07. The first-order chi connectivity index (χ1) is 19.1. The molecule has 0 N–H and O–H groups in total. The molecule has 1 aliphatic carbocycles. The van der Waals surface area contributed by atoms with Crippen LogP contribution in [0.25, 0.3) is 11.8 Å². The number of aryl methyl sites for hydroxylation is 1. The molecule has 0 amide bonds. The van der Waals surface area contributed by atoms with Gasteiger partial charge in [0.25, 0.3) is 5.56 Å². The fourth-order valence-corrected chi connectivity index (χ4v) is 6.45. The Labute approximate surface area is 229 Å². The van der Waals surface area contributed by atoms with Gasteiger partial charge in [0.2, 0.25) is 5.75 Å². The van der Waals surface area contributed by atoms with E-state index in [9.17, 15) is 4.79 Å². The topological polar surface area (TPSA) is 71.3 Å². The number of nitrogens with zero attached hydrogens (tertiary/aromatic N) is 2. The number of aromatic nitrogens is 1. The number of benzene rings is 3. The van der Waals surface area contributed by atoms with E-state index in [0.717, 1.165) is 46.6 Å². The van der Waals surface area contributed by atoms with Crippen molar-refractivity contribution in [3.8, 4) is 23.0 Å². The van der Waals surface area contributed by atoms with E-state index in [1.165, 1.54) is 16.9 Å². The monoisotopic (exact) mass is 540 g/mol. The predicted octanol–water partition coefficient (Wildman–Crippen LogP) is 4.35. The molecule has 3 aromatic carbocycles. The molecule has 0 bridgehead atoms. The molecule has 2 heterocycles. The first-order valence-corrected chi connectivity index (χ1v) is 13.4. The maximum Gasteiger partial charge on any atom is 0.271 e. The highest BCUT2D eigenvalue weighted by atomic mass is 32.1. The minimum atomic E-state index is -0.252. The Balaban J connectivity index is 1.58. The number of ether oxygens (including phenoxy) is 4. The van der Waals surface area contributed by atoms with Crippen molar-refractivity contribution in [1.29, 1.82) is 0 Å². The van der Waals surface area contributed by atoms with E-state index < -0.39 is 0 Å². The van der Waals surface area contributed by atoms with E-state index >= 15 is 0 Å². The van der Waals surface area contributed by atoms with Crippen molar-refractivity contribution in [2.75, 3.05) is 28.4 Å². The van der Waals surface area contributed by atoms with Crippen molar-refractivity contribution < 1.29 is 18.9 Å². The lowest BCUT2D eigenvalue weighted by atomic mass is 9.83. The molecule has 0 saturated carbocycles. The van der Waals surface area contributed by atoms with Gasteiger partial charge in [0.1, 0.15) is 5.75 Å². The van der Waals surface area contributed by atoms with Crippen LogP contribution in [0.5, 0.6) is 23.0 Å². The number of fused-ring (bicyclic) bond motifs is 3. The van der Waals surface area contributed by atoms with Crippen molar-refractivity contribution in [1.82, 2.24) is 4.57 Å². The predicted molar refractivity (Wildman–Crippen MR) is 152 cm³/mol. The first-order valence-electron chi connectivity index (χ1n) is 12.6. The maximum atomic E-state index is 14.0. The van der Waals surface area contributed by atoms with Crippen LogP contribution in [0.3, 0.4) is 0 Å². The van der Waals surface area contributed by atoms with Gasteiger partial charge in [-0.3, -0.25) is 9.36 Å². The Hall–Kier alpha value is -4.30. The SMILES string of the molecule is COc1ccc([C@H]2C3=C(N=c4sc(=Cc5cc(OC)c(OC)c(OC)c5)c(=O)n42)c2ccccc2CC3)cc1. The standard InChI is InChI=1S/C31H28N2O5S/c1-35-21-12-9-20(10-13-21)28-23-14-11-19-7-5-6-8-22(19)27(23)32-31-33(28)30(34)26(39-31)17-18-15-24(36-2)29(38-4)25(16-18)37-3/h5-10,12-13,15-17,28H,11,14H2,1-4H3/t28-/m0/s1.